The highest BCUT2D eigenvalue weighted by molar-refractivity contribution is 6.42. The normalized spacial score (nSPS) is 11.6. The minimum Gasteiger partial charge on any atom is -0.483 e. The van der Waals surface area contributed by atoms with Crippen molar-refractivity contribution in [2.24, 2.45) is 0 Å². The van der Waals surface area contributed by atoms with Crippen molar-refractivity contribution < 1.29 is 14.3 Å². The highest BCUT2D eigenvalue weighted by atomic mass is 35.5. The van der Waals surface area contributed by atoms with Crippen LogP contribution >= 0.6 is 23.2 Å². The number of ether oxygens (including phenoxy) is 1. The van der Waals surface area contributed by atoms with E-state index in [1.54, 1.807) is 42.5 Å². The molecule has 0 radical (unpaired) electrons. The molecule has 2 aromatic rings. The molecule has 4 nitrogen and oxygen atoms in total. The zero-order valence-electron chi connectivity index (χ0n) is 12.4. The summed E-state index contributed by atoms with van der Waals surface area (Å²) in [6.45, 7) is 1.65. The highest BCUT2D eigenvalue weighted by Gasteiger charge is 2.12. The smallest absolute Gasteiger partial charge is 0.258 e. The van der Waals surface area contributed by atoms with E-state index in [4.69, 9.17) is 27.9 Å². The number of para-hydroxylation sites is 1. The van der Waals surface area contributed by atoms with Crippen LogP contribution in [-0.2, 0) is 4.79 Å². The molecule has 0 bridgehead atoms. The number of aldehydes is 1. The average molecular weight is 352 g/mol. The molecule has 0 saturated heterocycles. The summed E-state index contributed by atoms with van der Waals surface area (Å²) in [6, 6.07) is 11.7. The lowest BCUT2D eigenvalue weighted by atomic mass is 10.1. The SMILES string of the molecule is C[C@H](NC(=O)COc1ccccc1C=O)c1ccc(Cl)c(Cl)c1. The molecular weight excluding hydrogens is 337 g/mol. The zero-order chi connectivity index (χ0) is 16.8. The lowest BCUT2D eigenvalue weighted by molar-refractivity contribution is -0.123. The molecule has 1 N–H and O–H groups in total. The Morgan fingerprint density at radius 2 is 1.96 bits per heavy atom. The van der Waals surface area contributed by atoms with Crippen molar-refractivity contribution in [3.8, 4) is 5.75 Å². The van der Waals surface area contributed by atoms with Gasteiger partial charge in [0.25, 0.3) is 5.91 Å². The van der Waals surface area contributed by atoms with Crippen molar-refractivity contribution in [1.82, 2.24) is 5.32 Å². The predicted octanol–water partition coefficient (Wildman–Crippen LogP) is 4.06. The van der Waals surface area contributed by atoms with Gasteiger partial charge in [0.1, 0.15) is 5.75 Å². The second-order valence-electron chi connectivity index (χ2n) is 4.91. The Hall–Kier alpha value is -2.04. The molecule has 0 saturated carbocycles. The summed E-state index contributed by atoms with van der Waals surface area (Å²) in [5.41, 5.74) is 1.24. The fourth-order valence-corrected chi connectivity index (χ4v) is 2.31. The molecule has 0 aliphatic heterocycles. The van der Waals surface area contributed by atoms with Crippen LogP contribution in [0.15, 0.2) is 42.5 Å². The summed E-state index contributed by atoms with van der Waals surface area (Å²) in [5.74, 6) is 0.0733. The van der Waals surface area contributed by atoms with Crippen molar-refractivity contribution in [2.75, 3.05) is 6.61 Å². The van der Waals surface area contributed by atoms with Gasteiger partial charge >= 0.3 is 0 Å². The van der Waals surface area contributed by atoms with Crippen LogP contribution in [0.3, 0.4) is 0 Å². The monoisotopic (exact) mass is 351 g/mol. The largest absolute Gasteiger partial charge is 0.483 e. The van der Waals surface area contributed by atoms with Crippen LogP contribution in [0.25, 0.3) is 0 Å². The Morgan fingerprint density at radius 1 is 1.22 bits per heavy atom. The van der Waals surface area contributed by atoms with Gasteiger partial charge in [-0.1, -0.05) is 41.4 Å². The van der Waals surface area contributed by atoms with Gasteiger partial charge in [0.2, 0.25) is 0 Å². The van der Waals surface area contributed by atoms with Crippen molar-refractivity contribution in [1.29, 1.82) is 0 Å². The van der Waals surface area contributed by atoms with Crippen LogP contribution in [0.2, 0.25) is 10.0 Å². The number of hydrogen-bond donors (Lipinski definition) is 1. The van der Waals surface area contributed by atoms with E-state index in [2.05, 4.69) is 5.32 Å². The maximum atomic E-state index is 12.0. The Balaban J connectivity index is 1.93. The van der Waals surface area contributed by atoms with Gasteiger partial charge in [0.05, 0.1) is 21.7 Å². The predicted molar refractivity (Wildman–Crippen MR) is 90.3 cm³/mol. The van der Waals surface area contributed by atoms with Gasteiger partial charge in [0.15, 0.2) is 12.9 Å². The van der Waals surface area contributed by atoms with Gasteiger partial charge in [-0.25, -0.2) is 0 Å². The first-order valence-corrected chi connectivity index (χ1v) is 7.68. The summed E-state index contributed by atoms with van der Waals surface area (Å²) < 4.78 is 5.38. The minimum atomic E-state index is -0.302. The van der Waals surface area contributed by atoms with E-state index < -0.39 is 0 Å². The fourth-order valence-electron chi connectivity index (χ4n) is 2.00. The van der Waals surface area contributed by atoms with Crippen LogP contribution < -0.4 is 10.1 Å². The van der Waals surface area contributed by atoms with E-state index >= 15 is 0 Å². The fraction of sp³-hybridized carbons (Fsp3) is 0.176. The van der Waals surface area contributed by atoms with Crippen molar-refractivity contribution >= 4 is 35.4 Å². The van der Waals surface area contributed by atoms with E-state index in [1.807, 2.05) is 6.92 Å². The Labute approximate surface area is 144 Å². The molecule has 0 spiro atoms. The number of hydrogen-bond acceptors (Lipinski definition) is 3. The molecular formula is C17H15Cl2NO3. The molecule has 120 valence electrons. The molecule has 0 aromatic heterocycles. The molecule has 1 amide bonds. The van der Waals surface area contributed by atoms with E-state index in [0.29, 0.717) is 27.6 Å². The number of carbonyl (C=O) groups excluding carboxylic acids is 2. The number of halogens is 2. The van der Waals surface area contributed by atoms with E-state index in [1.165, 1.54) is 0 Å². The molecule has 0 heterocycles. The first kappa shape index (κ1) is 17.3. The summed E-state index contributed by atoms with van der Waals surface area (Å²) in [7, 11) is 0. The van der Waals surface area contributed by atoms with Crippen LogP contribution in [0.1, 0.15) is 28.9 Å². The standard InChI is InChI=1S/C17H15Cl2NO3/c1-11(12-6-7-14(18)15(19)8-12)20-17(22)10-23-16-5-3-2-4-13(16)9-21/h2-9,11H,10H2,1H3,(H,20,22)/t11-/m0/s1. The number of carbonyl (C=O) groups is 2. The Kier molecular flexibility index (Phi) is 6.02. The zero-order valence-corrected chi connectivity index (χ0v) is 13.9. The summed E-state index contributed by atoms with van der Waals surface area (Å²) >= 11 is 11.8. The molecule has 2 aromatic carbocycles. The number of amides is 1. The summed E-state index contributed by atoms with van der Waals surface area (Å²) in [6.07, 6.45) is 0.686. The third-order valence-electron chi connectivity index (χ3n) is 3.23. The second kappa shape index (κ2) is 7.99. The number of rotatable bonds is 6. The summed E-state index contributed by atoms with van der Waals surface area (Å²) in [4.78, 5) is 22.9. The molecule has 23 heavy (non-hydrogen) atoms. The first-order chi connectivity index (χ1) is 11.0. The maximum Gasteiger partial charge on any atom is 0.258 e. The second-order valence-corrected chi connectivity index (χ2v) is 5.72. The molecule has 6 heteroatoms. The van der Waals surface area contributed by atoms with Gasteiger partial charge in [-0.3, -0.25) is 9.59 Å². The van der Waals surface area contributed by atoms with E-state index in [9.17, 15) is 9.59 Å². The minimum absolute atomic E-state index is 0.184. The van der Waals surface area contributed by atoms with Gasteiger partial charge in [-0.15, -0.1) is 0 Å². The maximum absolute atomic E-state index is 12.0. The molecule has 2 rings (SSSR count). The molecule has 0 unspecified atom stereocenters. The van der Waals surface area contributed by atoms with Crippen LogP contribution in [0, 0.1) is 0 Å². The van der Waals surface area contributed by atoms with E-state index in [-0.39, 0.29) is 18.6 Å². The molecule has 0 fully saturated rings. The Morgan fingerprint density at radius 3 is 2.65 bits per heavy atom. The van der Waals surface area contributed by atoms with Gasteiger partial charge in [-0.2, -0.15) is 0 Å². The molecule has 1 atom stereocenters. The topological polar surface area (TPSA) is 55.4 Å². The van der Waals surface area contributed by atoms with Crippen LogP contribution in [-0.4, -0.2) is 18.8 Å². The number of nitrogens with one attached hydrogen (secondary N) is 1. The van der Waals surface area contributed by atoms with Crippen molar-refractivity contribution in [3.63, 3.8) is 0 Å². The van der Waals surface area contributed by atoms with Gasteiger partial charge in [0, 0.05) is 0 Å². The van der Waals surface area contributed by atoms with Gasteiger partial charge in [-0.05, 0) is 36.8 Å². The highest BCUT2D eigenvalue weighted by Crippen LogP contribution is 2.25. The molecule has 0 aliphatic rings. The lowest BCUT2D eigenvalue weighted by Crippen LogP contribution is -2.31. The molecule has 0 aliphatic carbocycles. The summed E-state index contributed by atoms with van der Waals surface area (Å²) in [5, 5.41) is 3.69. The quantitative estimate of drug-likeness (QED) is 0.798. The van der Waals surface area contributed by atoms with Crippen molar-refractivity contribution in [2.45, 2.75) is 13.0 Å². The third-order valence-corrected chi connectivity index (χ3v) is 3.96. The average Bonchev–Trinajstić information content (AvgIpc) is 2.55. The van der Waals surface area contributed by atoms with Crippen LogP contribution in [0.5, 0.6) is 5.75 Å². The van der Waals surface area contributed by atoms with Gasteiger partial charge < -0.3 is 10.1 Å². The van der Waals surface area contributed by atoms with E-state index in [0.717, 1.165) is 5.56 Å². The number of benzene rings is 2. The third kappa shape index (κ3) is 4.71. The van der Waals surface area contributed by atoms with Crippen molar-refractivity contribution in [3.05, 3.63) is 63.6 Å². The Bertz CT molecular complexity index is 719. The first-order valence-electron chi connectivity index (χ1n) is 6.92. The lowest BCUT2D eigenvalue weighted by Gasteiger charge is -2.15. The van der Waals surface area contributed by atoms with Crippen LogP contribution in [0.4, 0.5) is 0 Å².